The smallest absolute Gasteiger partial charge is 0.256 e. The van der Waals surface area contributed by atoms with Gasteiger partial charge in [0.05, 0.1) is 5.52 Å². The highest BCUT2D eigenvalue weighted by Gasteiger charge is 2.09. The minimum absolute atomic E-state index is 0.255. The Balaban J connectivity index is 1.89. The Labute approximate surface area is 145 Å². The summed E-state index contributed by atoms with van der Waals surface area (Å²) in [5.74, 6) is 0.148. The van der Waals surface area contributed by atoms with Crippen LogP contribution in [0.25, 0.3) is 22.0 Å². The summed E-state index contributed by atoms with van der Waals surface area (Å²) in [6.07, 6.45) is 4.68. The lowest BCUT2D eigenvalue weighted by molar-refractivity contribution is 0.0977. The SMILES string of the molecule is CN=C(C=CN)NC(=O)c1ccc2cc(-c3ccccc3)cnc2c1. The van der Waals surface area contributed by atoms with E-state index in [1.54, 1.807) is 19.2 Å². The Kier molecular flexibility index (Phi) is 4.85. The normalized spacial score (nSPS) is 11.8. The van der Waals surface area contributed by atoms with Crippen molar-refractivity contribution < 1.29 is 4.79 Å². The summed E-state index contributed by atoms with van der Waals surface area (Å²) in [6.45, 7) is 0. The molecule has 0 saturated carbocycles. The molecule has 0 spiro atoms. The zero-order valence-corrected chi connectivity index (χ0v) is 13.8. The zero-order valence-electron chi connectivity index (χ0n) is 13.8. The number of nitrogens with one attached hydrogen (secondary N) is 1. The van der Waals surface area contributed by atoms with Crippen molar-refractivity contribution in [2.24, 2.45) is 10.7 Å². The summed E-state index contributed by atoms with van der Waals surface area (Å²) >= 11 is 0. The fourth-order valence-corrected chi connectivity index (χ4v) is 2.50. The lowest BCUT2D eigenvalue weighted by Gasteiger charge is -2.07. The van der Waals surface area contributed by atoms with Gasteiger partial charge in [0.2, 0.25) is 0 Å². The summed E-state index contributed by atoms with van der Waals surface area (Å²) in [5.41, 5.74) is 8.76. The topological polar surface area (TPSA) is 80.4 Å². The van der Waals surface area contributed by atoms with Crippen LogP contribution in [0, 0.1) is 0 Å². The van der Waals surface area contributed by atoms with E-state index in [0.29, 0.717) is 11.4 Å². The quantitative estimate of drug-likeness (QED) is 0.572. The maximum Gasteiger partial charge on any atom is 0.256 e. The molecule has 25 heavy (non-hydrogen) atoms. The molecule has 3 rings (SSSR count). The molecule has 0 radical (unpaired) electrons. The third-order valence-corrected chi connectivity index (χ3v) is 3.79. The Bertz CT molecular complexity index is 962. The van der Waals surface area contributed by atoms with Gasteiger partial charge in [-0.25, -0.2) is 0 Å². The van der Waals surface area contributed by atoms with Gasteiger partial charge in [-0.1, -0.05) is 36.4 Å². The van der Waals surface area contributed by atoms with Crippen LogP contribution in [0.4, 0.5) is 0 Å². The number of carbonyl (C=O) groups excluding carboxylic acids is 1. The van der Waals surface area contributed by atoms with Gasteiger partial charge in [0.15, 0.2) is 0 Å². The van der Waals surface area contributed by atoms with Crippen LogP contribution in [0.5, 0.6) is 0 Å². The first-order valence-electron chi connectivity index (χ1n) is 7.83. The van der Waals surface area contributed by atoms with Gasteiger partial charge in [0, 0.05) is 29.8 Å². The van der Waals surface area contributed by atoms with Crippen LogP contribution in [0.2, 0.25) is 0 Å². The van der Waals surface area contributed by atoms with E-state index < -0.39 is 0 Å². The number of aliphatic imine (C=N–C) groups is 1. The molecule has 0 aliphatic rings. The van der Waals surface area contributed by atoms with Gasteiger partial charge < -0.3 is 11.1 Å². The van der Waals surface area contributed by atoms with Gasteiger partial charge >= 0.3 is 0 Å². The molecule has 1 amide bonds. The Hall–Kier alpha value is -3.47. The van der Waals surface area contributed by atoms with Crippen molar-refractivity contribution in [3.05, 3.63) is 78.6 Å². The third kappa shape index (κ3) is 3.72. The molecule has 5 nitrogen and oxygen atoms in total. The van der Waals surface area contributed by atoms with E-state index >= 15 is 0 Å². The van der Waals surface area contributed by atoms with Crippen molar-refractivity contribution in [2.75, 3.05) is 7.05 Å². The van der Waals surface area contributed by atoms with Gasteiger partial charge in [-0.3, -0.25) is 14.8 Å². The number of benzene rings is 2. The van der Waals surface area contributed by atoms with Gasteiger partial charge in [-0.2, -0.15) is 0 Å². The molecule has 124 valence electrons. The molecular formula is C20H18N4O. The summed E-state index contributed by atoms with van der Waals surface area (Å²) in [4.78, 5) is 20.8. The van der Waals surface area contributed by atoms with Crippen LogP contribution in [0.15, 0.2) is 78.1 Å². The number of aromatic nitrogens is 1. The number of rotatable bonds is 3. The third-order valence-electron chi connectivity index (χ3n) is 3.79. The number of amides is 1. The highest BCUT2D eigenvalue weighted by molar-refractivity contribution is 6.11. The highest BCUT2D eigenvalue weighted by atomic mass is 16.1. The Morgan fingerprint density at radius 3 is 2.64 bits per heavy atom. The predicted molar refractivity (Wildman–Crippen MR) is 101 cm³/mol. The van der Waals surface area contributed by atoms with Crippen molar-refractivity contribution in [3.63, 3.8) is 0 Å². The summed E-state index contributed by atoms with van der Waals surface area (Å²) in [6, 6.07) is 17.6. The molecular weight excluding hydrogens is 312 g/mol. The lowest BCUT2D eigenvalue weighted by Crippen LogP contribution is -2.29. The van der Waals surface area contributed by atoms with Crippen LogP contribution in [0.1, 0.15) is 10.4 Å². The molecule has 1 aromatic heterocycles. The predicted octanol–water partition coefficient (Wildman–Crippen LogP) is 3.13. The van der Waals surface area contributed by atoms with E-state index in [1.807, 2.05) is 42.6 Å². The molecule has 0 aliphatic carbocycles. The monoisotopic (exact) mass is 330 g/mol. The standard InChI is InChI=1S/C20H18N4O/c1-22-19(9-10-21)24-20(25)16-8-7-15-11-17(13-23-18(15)12-16)14-5-3-2-4-6-14/h2-13H,21H2,1H3,(H,22,24,25). The number of pyridine rings is 1. The second-order valence-corrected chi connectivity index (χ2v) is 5.42. The molecule has 0 bridgehead atoms. The van der Waals surface area contributed by atoms with Crippen LogP contribution in [-0.2, 0) is 0 Å². The summed E-state index contributed by atoms with van der Waals surface area (Å²) < 4.78 is 0. The number of hydrogen-bond acceptors (Lipinski definition) is 4. The van der Waals surface area contributed by atoms with Crippen molar-refractivity contribution in [1.29, 1.82) is 0 Å². The van der Waals surface area contributed by atoms with Crippen LogP contribution < -0.4 is 11.1 Å². The number of amidine groups is 1. The molecule has 3 N–H and O–H groups in total. The molecule has 0 saturated heterocycles. The number of fused-ring (bicyclic) bond motifs is 1. The van der Waals surface area contributed by atoms with E-state index in [-0.39, 0.29) is 5.91 Å². The first kappa shape index (κ1) is 16.4. The largest absolute Gasteiger partial charge is 0.404 e. The second kappa shape index (κ2) is 7.40. The number of nitrogens with zero attached hydrogens (tertiary/aromatic N) is 2. The number of nitrogens with two attached hydrogens (primary N) is 1. The molecule has 3 aromatic rings. The van der Waals surface area contributed by atoms with Crippen LogP contribution in [0.3, 0.4) is 0 Å². The molecule has 1 heterocycles. The Morgan fingerprint density at radius 2 is 1.92 bits per heavy atom. The van der Waals surface area contributed by atoms with Crippen LogP contribution in [-0.4, -0.2) is 23.8 Å². The van der Waals surface area contributed by atoms with Gasteiger partial charge in [-0.05, 0) is 36.0 Å². The molecule has 0 fully saturated rings. The van der Waals surface area contributed by atoms with E-state index in [9.17, 15) is 4.79 Å². The highest BCUT2D eigenvalue weighted by Crippen LogP contribution is 2.23. The first-order valence-corrected chi connectivity index (χ1v) is 7.83. The van der Waals surface area contributed by atoms with Crippen molar-refractivity contribution in [1.82, 2.24) is 10.3 Å². The maximum absolute atomic E-state index is 12.3. The lowest BCUT2D eigenvalue weighted by atomic mass is 10.0. The van der Waals surface area contributed by atoms with Gasteiger partial charge in [0.25, 0.3) is 5.91 Å². The van der Waals surface area contributed by atoms with E-state index in [0.717, 1.165) is 22.0 Å². The number of carbonyl (C=O) groups is 1. The maximum atomic E-state index is 12.3. The fraction of sp³-hybridized carbons (Fsp3) is 0.0500. The van der Waals surface area contributed by atoms with Crippen molar-refractivity contribution in [2.45, 2.75) is 0 Å². The molecule has 2 aromatic carbocycles. The first-order chi connectivity index (χ1) is 12.2. The number of hydrogen-bond donors (Lipinski definition) is 2. The minimum Gasteiger partial charge on any atom is -0.404 e. The average molecular weight is 330 g/mol. The van der Waals surface area contributed by atoms with E-state index in [2.05, 4.69) is 21.4 Å². The minimum atomic E-state index is -0.255. The van der Waals surface area contributed by atoms with Crippen LogP contribution >= 0.6 is 0 Å². The van der Waals surface area contributed by atoms with Gasteiger partial charge in [0.1, 0.15) is 5.84 Å². The van der Waals surface area contributed by atoms with Gasteiger partial charge in [-0.15, -0.1) is 0 Å². The molecule has 5 heteroatoms. The molecule has 0 atom stereocenters. The van der Waals surface area contributed by atoms with Crippen molar-refractivity contribution in [3.8, 4) is 11.1 Å². The molecule has 0 unspecified atom stereocenters. The molecule has 0 aliphatic heterocycles. The summed E-state index contributed by atoms with van der Waals surface area (Å²) in [5, 5.41) is 3.68. The van der Waals surface area contributed by atoms with E-state index in [4.69, 9.17) is 5.73 Å². The Morgan fingerprint density at radius 1 is 1.12 bits per heavy atom. The second-order valence-electron chi connectivity index (χ2n) is 5.42. The zero-order chi connectivity index (χ0) is 17.6. The average Bonchev–Trinajstić information content (AvgIpc) is 2.67. The summed E-state index contributed by atoms with van der Waals surface area (Å²) in [7, 11) is 1.59. The fourth-order valence-electron chi connectivity index (χ4n) is 2.50. The van der Waals surface area contributed by atoms with E-state index in [1.165, 1.54) is 12.3 Å². The van der Waals surface area contributed by atoms with Crippen molar-refractivity contribution >= 4 is 22.6 Å².